The molecule has 2 N–H and O–H groups in total. The fourth-order valence-corrected chi connectivity index (χ4v) is 2.71. The molecular weight excluding hydrogens is 267 g/mol. The van der Waals surface area contributed by atoms with E-state index in [2.05, 4.69) is 24.5 Å². The summed E-state index contributed by atoms with van der Waals surface area (Å²) >= 11 is 0. The molecule has 0 spiro atoms. The Hall–Kier alpha value is -1.42. The minimum atomic E-state index is -0.337. The summed E-state index contributed by atoms with van der Waals surface area (Å²) in [5.74, 6) is 0.373. The highest BCUT2D eigenvalue weighted by Gasteiger charge is 2.29. The van der Waals surface area contributed by atoms with Crippen LogP contribution in [0.25, 0.3) is 0 Å². The highest BCUT2D eigenvalue weighted by Crippen LogP contribution is 2.31. The third-order valence-electron chi connectivity index (χ3n) is 3.90. The fourth-order valence-electron chi connectivity index (χ4n) is 2.71. The number of amides is 1. The molecule has 1 aromatic rings. The Morgan fingerprint density at radius 1 is 1.24 bits per heavy atom. The summed E-state index contributed by atoms with van der Waals surface area (Å²) in [5, 5.41) is 5.99. The molecule has 1 heterocycles. The summed E-state index contributed by atoms with van der Waals surface area (Å²) in [6.07, 6.45) is 6.07. The normalized spacial score (nSPS) is 17.1. The zero-order valence-electron chi connectivity index (χ0n) is 12.9. The van der Waals surface area contributed by atoms with E-state index in [-0.39, 0.29) is 17.8 Å². The number of halogens is 1. The van der Waals surface area contributed by atoms with Crippen LogP contribution in [0, 0.1) is 11.7 Å². The van der Waals surface area contributed by atoms with Gasteiger partial charge in [-0.1, -0.05) is 45.6 Å². The minimum absolute atomic E-state index is 0.0876. The van der Waals surface area contributed by atoms with E-state index in [1.807, 2.05) is 0 Å². The molecule has 1 atom stereocenters. The summed E-state index contributed by atoms with van der Waals surface area (Å²) in [6.45, 7) is 5.32. The number of hydrogen-bond acceptors (Lipinski definition) is 2. The maximum absolute atomic E-state index is 13.1. The first-order chi connectivity index (χ1) is 10.1. The topological polar surface area (TPSA) is 41.1 Å². The van der Waals surface area contributed by atoms with Crippen molar-refractivity contribution in [3.8, 4) is 0 Å². The summed E-state index contributed by atoms with van der Waals surface area (Å²) < 4.78 is 13.1. The second kappa shape index (κ2) is 7.55. The Bertz CT molecular complexity index is 488. The average Bonchev–Trinajstić information content (AvgIpc) is 2.72. The lowest BCUT2D eigenvalue weighted by Gasteiger charge is -2.11. The van der Waals surface area contributed by atoms with Crippen LogP contribution in [0.4, 0.5) is 10.1 Å². The molecule has 1 unspecified atom stereocenters. The summed E-state index contributed by atoms with van der Waals surface area (Å²) in [7, 11) is 0. The van der Waals surface area contributed by atoms with Crippen molar-refractivity contribution in [1.82, 2.24) is 5.32 Å². The van der Waals surface area contributed by atoms with Gasteiger partial charge in [-0.2, -0.15) is 0 Å². The number of benzene rings is 1. The SMILES string of the molecule is CC(C)CCCCCCNC1C(=O)Nc2cc(F)ccc21. The maximum atomic E-state index is 13.1. The smallest absolute Gasteiger partial charge is 0.246 e. The Labute approximate surface area is 126 Å². The summed E-state index contributed by atoms with van der Waals surface area (Å²) in [5.41, 5.74) is 1.44. The Morgan fingerprint density at radius 3 is 2.76 bits per heavy atom. The number of anilines is 1. The van der Waals surface area contributed by atoms with Gasteiger partial charge in [0.1, 0.15) is 11.9 Å². The number of carbonyl (C=O) groups is 1. The van der Waals surface area contributed by atoms with E-state index < -0.39 is 0 Å². The molecule has 4 heteroatoms. The van der Waals surface area contributed by atoms with Gasteiger partial charge in [-0.25, -0.2) is 4.39 Å². The molecule has 0 bridgehead atoms. The van der Waals surface area contributed by atoms with Crippen LogP contribution in [-0.2, 0) is 4.79 Å². The van der Waals surface area contributed by atoms with Crippen molar-refractivity contribution in [2.75, 3.05) is 11.9 Å². The zero-order valence-corrected chi connectivity index (χ0v) is 12.9. The zero-order chi connectivity index (χ0) is 15.2. The first-order valence-electron chi connectivity index (χ1n) is 7.91. The number of carbonyl (C=O) groups excluding carboxylic acids is 1. The van der Waals surface area contributed by atoms with Crippen molar-refractivity contribution in [3.05, 3.63) is 29.6 Å². The Morgan fingerprint density at radius 2 is 2.00 bits per heavy atom. The quantitative estimate of drug-likeness (QED) is 0.711. The molecule has 0 saturated carbocycles. The average molecular weight is 292 g/mol. The number of rotatable bonds is 8. The Balaban J connectivity index is 1.71. The fraction of sp³-hybridized carbons (Fsp3) is 0.588. The van der Waals surface area contributed by atoms with Crippen LogP contribution in [0.3, 0.4) is 0 Å². The van der Waals surface area contributed by atoms with Gasteiger partial charge in [0, 0.05) is 11.3 Å². The molecule has 116 valence electrons. The lowest BCUT2D eigenvalue weighted by atomic mass is 10.0. The van der Waals surface area contributed by atoms with Crippen molar-refractivity contribution >= 4 is 11.6 Å². The van der Waals surface area contributed by atoms with Crippen molar-refractivity contribution < 1.29 is 9.18 Å². The molecule has 0 radical (unpaired) electrons. The van der Waals surface area contributed by atoms with E-state index in [4.69, 9.17) is 0 Å². The second-order valence-corrected chi connectivity index (χ2v) is 6.20. The van der Waals surface area contributed by atoms with Crippen LogP contribution in [0.2, 0.25) is 0 Å². The van der Waals surface area contributed by atoms with Gasteiger partial charge in [-0.05, 0) is 31.0 Å². The lowest BCUT2D eigenvalue weighted by Crippen LogP contribution is -2.28. The van der Waals surface area contributed by atoms with Crippen LogP contribution in [-0.4, -0.2) is 12.5 Å². The standard InChI is InChI=1S/C17H25FN2O/c1-12(2)7-5-3-4-6-10-19-16-14-9-8-13(18)11-15(14)20-17(16)21/h8-9,11-12,16,19H,3-7,10H2,1-2H3,(H,20,21). The van der Waals surface area contributed by atoms with Crippen LogP contribution in [0.1, 0.15) is 57.6 Å². The van der Waals surface area contributed by atoms with Gasteiger partial charge < -0.3 is 10.6 Å². The lowest BCUT2D eigenvalue weighted by molar-refractivity contribution is -0.117. The molecule has 0 fully saturated rings. The molecule has 0 aromatic heterocycles. The second-order valence-electron chi connectivity index (χ2n) is 6.20. The number of fused-ring (bicyclic) bond motifs is 1. The first kappa shape index (κ1) is 16.0. The van der Waals surface area contributed by atoms with Crippen LogP contribution < -0.4 is 10.6 Å². The molecule has 1 amide bonds. The van der Waals surface area contributed by atoms with E-state index in [1.165, 1.54) is 37.8 Å². The third-order valence-corrected chi connectivity index (χ3v) is 3.90. The van der Waals surface area contributed by atoms with Crippen LogP contribution >= 0.6 is 0 Å². The molecular formula is C17H25FN2O. The molecule has 0 aliphatic carbocycles. The highest BCUT2D eigenvalue weighted by molar-refractivity contribution is 6.02. The summed E-state index contributed by atoms with van der Waals surface area (Å²) in [4.78, 5) is 11.9. The van der Waals surface area contributed by atoms with Crippen molar-refractivity contribution in [3.63, 3.8) is 0 Å². The van der Waals surface area contributed by atoms with Crippen molar-refractivity contribution in [1.29, 1.82) is 0 Å². The largest absolute Gasteiger partial charge is 0.324 e. The van der Waals surface area contributed by atoms with Crippen LogP contribution in [0.15, 0.2) is 18.2 Å². The highest BCUT2D eigenvalue weighted by atomic mass is 19.1. The molecule has 1 aromatic carbocycles. The van der Waals surface area contributed by atoms with Gasteiger partial charge in [0.05, 0.1) is 0 Å². The number of unbranched alkanes of at least 4 members (excludes halogenated alkanes) is 3. The number of nitrogens with one attached hydrogen (secondary N) is 2. The monoisotopic (exact) mass is 292 g/mol. The molecule has 3 nitrogen and oxygen atoms in total. The van der Waals surface area contributed by atoms with Gasteiger partial charge >= 0.3 is 0 Å². The van der Waals surface area contributed by atoms with E-state index in [9.17, 15) is 9.18 Å². The van der Waals surface area contributed by atoms with Gasteiger partial charge in [0.25, 0.3) is 0 Å². The van der Waals surface area contributed by atoms with Crippen LogP contribution in [0.5, 0.6) is 0 Å². The maximum Gasteiger partial charge on any atom is 0.246 e. The van der Waals surface area contributed by atoms with Gasteiger partial charge in [-0.15, -0.1) is 0 Å². The van der Waals surface area contributed by atoms with E-state index in [0.717, 1.165) is 24.4 Å². The van der Waals surface area contributed by atoms with Gasteiger partial charge in [-0.3, -0.25) is 4.79 Å². The third kappa shape index (κ3) is 4.53. The predicted octanol–water partition coefficient (Wildman–Crippen LogP) is 4.02. The molecule has 2 rings (SSSR count). The molecule has 0 saturated heterocycles. The number of hydrogen-bond donors (Lipinski definition) is 2. The molecule has 1 aliphatic heterocycles. The first-order valence-corrected chi connectivity index (χ1v) is 7.91. The summed E-state index contributed by atoms with van der Waals surface area (Å²) in [6, 6.07) is 4.12. The van der Waals surface area contributed by atoms with Crippen molar-refractivity contribution in [2.24, 2.45) is 5.92 Å². The van der Waals surface area contributed by atoms with Crippen molar-refractivity contribution in [2.45, 2.75) is 52.0 Å². The molecule has 21 heavy (non-hydrogen) atoms. The van der Waals surface area contributed by atoms with E-state index in [0.29, 0.717) is 5.69 Å². The minimum Gasteiger partial charge on any atom is -0.324 e. The molecule has 1 aliphatic rings. The van der Waals surface area contributed by atoms with Gasteiger partial charge in [0.2, 0.25) is 5.91 Å². The van der Waals surface area contributed by atoms with E-state index in [1.54, 1.807) is 6.07 Å². The van der Waals surface area contributed by atoms with Gasteiger partial charge in [0.15, 0.2) is 0 Å². The van der Waals surface area contributed by atoms with E-state index >= 15 is 0 Å². The predicted molar refractivity (Wildman–Crippen MR) is 83.7 cm³/mol. The Kier molecular flexibility index (Phi) is 5.74.